The molecule has 37 heavy (non-hydrogen) atoms. The minimum absolute atomic E-state index is 0.140. The number of nitrogens with zero attached hydrogens (tertiary/aromatic N) is 2. The van der Waals surface area contributed by atoms with Crippen molar-refractivity contribution in [1.82, 2.24) is 15.0 Å². The Morgan fingerprint density at radius 2 is 1.76 bits per heavy atom. The highest BCUT2D eigenvalue weighted by molar-refractivity contribution is 6.15. The Morgan fingerprint density at radius 1 is 1.05 bits per heavy atom. The summed E-state index contributed by atoms with van der Waals surface area (Å²) in [4.78, 5) is 24.6. The number of carboxylic acid groups (broad SMARTS) is 1. The molecule has 3 aromatic carbocycles. The number of rotatable bonds is 6. The molecule has 2 heterocycles. The minimum Gasteiger partial charge on any atom is -0.478 e. The molecule has 0 aliphatic heterocycles. The van der Waals surface area contributed by atoms with Crippen LogP contribution in [0, 0.1) is 0 Å². The lowest BCUT2D eigenvalue weighted by atomic mass is 10.0. The molecule has 5 rings (SSSR count). The first kappa shape index (κ1) is 24.1. The normalized spacial score (nSPS) is 12.6. The van der Waals surface area contributed by atoms with Gasteiger partial charge < -0.3 is 19.5 Å². The standard InChI is InChI=1S/C27H20F3N3O4/c1-15(17-4-6-18(7-5-17)26(35)36)32-25(34)21-12-23-22(13-31-37-23)20-10-11-33(24(20)21)14-16-2-8-19(9-3-16)27(28,29)30/h2-13,15H,14H2,1H3,(H,32,34)(H,35,36)/t15-/m0/s1. The zero-order valence-corrected chi connectivity index (χ0v) is 19.4. The van der Waals surface area contributed by atoms with Gasteiger partial charge >= 0.3 is 12.1 Å². The third-order valence-electron chi connectivity index (χ3n) is 6.27. The Bertz CT molecular complexity index is 1620. The Kier molecular flexibility index (Phi) is 5.94. The van der Waals surface area contributed by atoms with Gasteiger partial charge in [0.05, 0.1) is 39.8 Å². The van der Waals surface area contributed by atoms with Gasteiger partial charge in [0.15, 0.2) is 5.58 Å². The largest absolute Gasteiger partial charge is 0.478 e. The molecular weight excluding hydrogens is 487 g/mol. The highest BCUT2D eigenvalue weighted by atomic mass is 19.4. The Morgan fingerprint density at radius 3 is 2.41 bits per heavy atom. The molecule has 0 spiro atoms. The Balaban J connectivity index is 1.49. The van der Waals surface area contributed by atoms with Crippen molar-refractivity contribution in [1.29, 1.82) is 0 Å². The van der Waals surface area contributed by atoms with E-state index in [0.717, 1.165) is 17.7 Å². The molecule has 1 amide bonds. The van der Waals surface area contributed by atoms with E-state index in [1.807, 2.05) is 6.07 Å². The zero-order chi connectivity index (χ0) is 26.3. The number of carbonyl (C=O) groups excluding carboxylic acids is 1. The summed E-state index contributed by atoms with van der Waals surface area (Å²) in [5.41, 5.74) is 2.07. The summed E-state index contributed by atoms with van der Waals surface area (Å²) >= 11 is 0. The molecule has 0 saturated heterocycles. The number of carboxylic acids is 1. The smallest absolute Gasteiger partial charge is 0.416 e. The molecule has 7 nitrogen and oxygen atoms in total. The second kappa shape index (κ2) is 9.12. The number of aromatic carboxylic acids is 1. The zero-order valence-electron chi connectivity index (χ0n) is 19.4. The van der Waals surface area contributed by atoms with Crippen molar-refractivity contribution in [2.45, 2.75) is 25.7 Å². The van der Waals surface area contributed by atoms with Gasteiger partial charge in [-0.15, -0.1) is 0 Å². The molecule has 2 N–H and O–H groups in total. The van der Waals surface area contributed by atoms with E-state index in [4.69, 9.17) is 9.63 Å². The van der Waals surface area contributed by atoms with E-state index >= 15 is 0 Å². The summed E-state index contributed by atoms with van der Waals surface area (Å²) in [6.45, 7) is 2.02. The van der Waals surface area contributed by atoms with E-state index in [9.17, 15) is 22.8 Å². The van der Waals surface area contributed by atoms with Gasteiger partial charge in [0.25, 0.3) is 5.91 Å². The van der Waals surface area contributed by atoms with Crippen LogP contribution in [0.1, 0.15) is 50.4 Å². The van der Waals surface area contributed by atoms with E-state index in [1.165, 1.54) is 24.3 Å². The fourth-order valence-corrected chi connectivity index (χ4v) is 4.32. The molecule has 0 aliphatic carbocycles. The second-order valence-corrected chi connectivity index (χ2v) is 8.68. The summed E-state index contributed by atoms with van der Waals surface area (Å²) in [7, 11) is 0. The number of hydrogen-bond acceptors (Lipinski definition) is 4. The number of aromatic nitrogens is 2. The van der Waals surface area contributed by atoms with Gasteiger partial charge in [-0.3, -0.25) is 4.79 Å². The van der Waals surface area contributed by atoms with Crippen LogP contribution in [-0.4, -0.2) is 26.7 Å². The fourth-order valence-electron chi connectivity index (χ4n) is 4.32. The lowest BCUT2D eigenvalue weighted by Gasteiger charge is -2.16. The number of halogens is 3. The average molecular weight is 507 g/mol. The molecular formula is C27H20F3N3O4. The summed E-state index contributed by atoms with van der Waals surface area (Å²) in [6.07, 6.45) is -1.11. The summed E-state index contributed by atoms with van der Waals surface area (Å²) < 4.78 is 46.0. The van der Waals surface area contributed by atoms with E-state index in [-0.39, 0.29) is 12.1 Å². The lowest BCUT2D eigenvalue weighted by Crippen LogP contribution is -2.27. The molecule has 0 fully saturated rings. The van der Waals surface area contributed by atoms with Crippen molar-refractivity contribution in [3.8, 4) is 0 Å². The van der Waals surface area contributed by atoms with E-state index < -0.39 is 29.7 Å². The predicted molar refractivity (Wildman–Crippen MR) is 129 cm³/mol. The van der Waals surface area contributed by atoms with Gasteiger partial charge in [-0.25, -0.2) is 4.79 Å². The van der Waals surface area contributed by atoms with Crippen LogP contribution in [-0.2, 0) is 12.7 Å². The molecule has 0 saturated carbocycles. The van der Waals surface area contributed by atoms with Crippen LogP contribution in [0.15, 0.2) is 77.6 Å². The molecule has 0 unspecified atom stereocenters. The fraction of sp³-hybridized carbons (Fsp3) is 0.148. The number of nitrogens with one attached hydrogen (secondary N) is 1. The van der Waals surface area contributed by atoms with Gasteiger partial charge in [0.2, 0.25) is 0 Å². The third-order valence-corrected chi connectivity index (χ3v) is 6.27. The van der Waals surface area contributed by atoms with Crippen LogP contribution in [0.2, 0.25) is 0 Å². The van der Waals surface area contributed by atoms with Gasteiger partial charge in [-0.05, 0) is 54.4 Å². The van der Waals surface area contributed by atoms with Gasteiger partial charge in [-0.1, -0.05) is 29.4 Å². The van der Waals surface area contributed by atoms with E-state index in [0.29, 0.717) is 33.0 Å². The second-order valence-electron chi connectivity index (χ2n) is 8.68. The maximum atomic E-state index is 13.4. The van der Waals surface area contributed by atoms with Gasteiger partial charge in [0.1, 0.15) is 0 Å². The van der Waals surface area contributed by atoms with E-state index in [2.05, 4.69) is 10.5 Å². The van der Waals surface area contributed by atoms with Gasteiger partial charge in [0, 0.05) is 18.1 Å². The van der Waals surface area contributed by atoms with Crippen LogP contribution in [0.5, 0.6) is 0 Å². The first-order valence-electron chi connectivity index (χ1n) is 11.3. The van der Waals surface area contributed by atoms with Gasteiger partial charge in [-0.2, -0.15) is 13.2 Å². The molecule has 5 aromatic rings. The number of alkyl halides is 3. The molecule has 0 aliphatic rings. The molecule has 188 valence electrons. The number of fused-ring (bicyclic) bond motifs is 3. The number of amides is 1. The number of hydrogen-bond donors (Lipinski definition) is 2. The molecule has 2 aromatic heterocycles. The monoisotopic (exact) mass is 507 g/mol. The van der Waals surface area contributed by atoms with Crippen molar-refractivity contribution in [2.75, 3.05) is 0 Å². The Hall–Kier alpha value is -4.60. The van der Waals surface area contributed by atoms with Crippen LogP contribution >= 0.6 is 0 Å². The summed E-state index contributed by atoms with van der Waals surface area (Å²) in [6, 6.07) is 14.1. The topological polar surface area (TPSA) is 97.4 Å². The highest BCUT2D eigenvalue weighted by Crippen LogP contribution is 2.32. The maximum absolute atomic E-state index is 13.4. The minimum atomic E-state index is -4.42. The molecule has 1 atom stereocenters. The first-order valence-corrected chi connectivity index (χ1v) is 11.3. The molecule has 10 heteroatoms. The molecule has 0 bridgehead atoms. The first-order chi connectivity index (χ1) is 17.6. The van der Waals surface area contributed by atoms with Crippen LogP contribution in [0.4, 0.5) is 13.2 Å². The van der Waals surface area contributed by atoms with Crippen molar-refractivity contribution >= 4 is 33.7 Å². The SMILES string of the molecule is C[C@H](NC(=O)c1cc2oncc2c2ccn(Cc3ccc(C(F)(F)F)cc3)c12)c1ccc(C(=O)O)cc1. The van der Waals surface area contributed by atoms with Crippen molar-refractivity contribution < 1.29 is 32.4 Å². The number of carbonyl (C=O) groups is 2. The maximum Gasteiger partial charge on any atom is 0.416 e. The van der Waals surface area contributed by atoms with Crippen molar-refractivity contribution in [2.24, 2.45) is 0 Å². The van der Waals surface area contributed by atoms with Crippen LogP contribution in [0.3, 0.4) is 0 Å². The van der Waals surface area contributed by atoms with E-state index in [1.54, 1.807) is 42.1 Å². The predicted octanol–water partition coefficient (Wildman–Crippen LogP) is 6.04. The number of benzene rings is 3. The van der Waals surface area contributed by atoms with Crippen LogP contribution < -0.4 is 5.32 Å². The summed E-state index contributed by atoms with van der Waals surface area (Å²) in [5, 5.41) is 17.3. The highest BCUT2D eigenvalue weighted by Gasteiger charge is 2.30. The third kappa shape index (κ3) is 4.65. The Labute approximate surface area is 208 Å². The lowest BCUT2D eigenvalue weighted by molar-refractivity contribution is -0.137. The quantitative estimate of drug-likeness (QED) is 0.292. The van der Waals surface area contributed by atoms with Crippen molar-refractivity contribution in [3.05, 3.63) is 101 Å². The van der Waals surface area contributed by atoms with Crippen LogP contribution in [0.25, 0.3) is 21.9 Å². The average Bonchev–Trinajstić information content (AvgIpc) is 3.50. The molecule has 0 radical (unpaired) electrons. The summed E-state index contributed by atoms with van der Waals surface area (Å²) in [5.74, 6) is -1.44. The van der Waals surface area contributed by atoms with Crippen molar-refractivity contribution in [3.63, 3.8) is 0 Å².